The molecule has 6 nitrogen and oxygen atoms in total. The molecule has 0 aliphatic carbocycles. The lowest BCUT2D eigenvalue weighted by Gasteiger charge is -2.13. The fourth-order valence-corrected chi connectivity index (χ4v) is 1.60. The topological polar surface area (TPSA) is 84.9 Å². The van der Waals surface area contributed by atoms with E-state index < -0.39 is 12.1 Å². The molecule has 0 spiro atoms. The summed E-state index contributed by atoms with van der Waals surface area (Å²) in [6, 6.07) is 6.35. The number of carbonyl (C=O) groups is 2. The lowest BCUT2D eigenvalue weighted by Crippen LogP contribution is -2.34. The third kappa shape index (κ3) is 6.37. The molecule has 2 N–H and O–H groups in total. The lowest BCUT2D eigenvalue weighted by atomic mass is 10.1. The quantitative estimate of drug-likeness (QED) is 0.673. The highest BCUT2D eigenvalue weighted by Crippen LogP contribution is 2.04. The van der Waals surface area contributed by atoms with Gasteiger partial charge in [0.15, 0.2) is 0 Å². The van der Waals surface area contributed by atoms with Crippen LogP contribution in [-0.4, -0.2) is 42.9 Å². The predicted molar refractivity (Wildman–Crippen MR) is 77.2 cm³/mol. The molecule has 0 heterocycles. The molecular formula is C15H21NO5. The van der Waals surface area contributed by atoms with Gasteiger partial charge < -0.3 is 19.9 Å². The molecule has 1 rings (SSSR count). The Balaban J connectivity index is 2.33. The Morgan fingerprint density at radius 2 is 1.90 bits per heavy atom. The highest BCUT2D eigenvalue weighted by molar-refractivity contribution is 5.87. The molecule has 116 valence electrons. The van der Waals surface area contributed by atoms with Crippen LogP contribution in [0.3, 0.4) is 0 Å². The largest absolute Gasteiger partial charge is 0.478 e. The van der Waals surface area contributed by atoms with Crippen LogP contribution >= 0.6 is 0 Å². The average molecular weight is 295 g/mol. The number of amides is 1. The standard InChI is InChI=1S/C15H21NO5/c1-3-20-8-9-21-11(2)14(17)16-10-12-4-6-13(7-5-12)15(18)19/h4-7,11H,3,8-10H2,1-2H3,(H,16,17)(H,18,19). The number of carboxylic acid groups (broad SMARTS) is 1. The first-order valence-electron chi connectivity index (χ1n) is 6.84. The first-order valence-corrected chi connectivity index (χ1v) is 6.84. The van der Waals surface area contributed by atoms with Gasteiger partial charge in [-0.15, -0.1) is 0 Å². The van der Waals surface area contributed by atoms with Crippen LogP contribution in [-0.2, 0) is 20.8 Å². The van der Waals surface area contributed by atoms with Gasteiger partial charge in [-0.3, -0.25) is 4.79 Å². The maximum absolute atomic E-state index is 11.8. The molecule has 6 heteroatoms. The second-order valence-electron chi connectivity index (χ2n) is 4.43. The van der Waals surface area contributed by atoms with Gasteiger partial charge in [0.1, 0.15) is 6.10 Å². The van der Waals surface area contributed by atoms with Crippen molar-refractivity contribution in [2.45, 2.75) is 26.5 Å². The molecule has 0 radical (unpaired) electrons. The number of ether oxygens (including phenoxy) is 2. The molecule has 0 saturated carbocycles. The second kappa shape index (κ2) is 9.10. The molecule has 0 bridgehead atoms. The molecule has 0 saturated heterocycles. The summed E-state index contributed by atoms with van der Waals surface area (Å²) in [4.78, 5) is 22.5. The third-order valence-corrected chi connectivity index (χ3v) is 2.84. The number of aromatic carboxylic acids is 1. The van der Waals surface area contributed by atoms with Crippen LogP contribution in [0.15, 0.2) is 24.3 Å². The van der Waals surface area contributed by atoms with Crippen molar-refractivity contribution in [3.05, 3.63) is 35.4 Å². The van der Waals surface area contributed by atoms with Crippen molar-refractivity contribution in [3.8, 4) is 0 Å². The van der Waals surface area contributed by atoms with Gasteiger partial charge in [-0.05, 0) is 31.5 Å². The van der Waals surface area contributed by atoms with Crippen LogP contribution in [0.2, 0.25) is 0 Å². The highest BCUT2D eigenvalue weighted by Gasteiger charge is 2.12. The van der Waals surface area contributed by atoms with Crippen molar-refractivity contribution >= 4 is 11.9 Å². The van der Waals surface area contributed by atoms with Gasteiger partial charge in [0, 0.05) is 13.2 Å². The molecule has 1 atom stereocenters. The van der Waals surface area contributed by atoms with Crippen LogP contribution in [0.1, 0.15) is 29.8 Å². The van der Waals surface area contributed by atoms with Gasteiger partial charge in [0.05, 0.1) is 18.8 Å². The van der Waals surface area contributed by atoms with E-state index in [0.717, 1.165) is 5.56 Å². The third-order valence-electron chi connectivity index (χ3n) is 2.84. The summed E-state index contributed by atoms with van der Waals surface area (Å²) in [5.74, 6) is -1.18. The number of hydrogen-bond donors (Lipinski definition) is 2. The Hall–Kier alpha value is -1.92. The van der Waals surface area contributed by atoms with Crippen LogP contribution in [0.25, 0.3) is 0 Å². The minimum atomic E-state index is -0.970. The molecule has 0 aliphatic rings. The molecule has 0 aromatic heterocycles. The number of carbonyl (C=O) groups excluding carboxylic acids is 1. The summed E-state index contributed by atoms with van der Waals surface area (Å²) in [5, 5.41) is 11.5. The first-order chi connectivity index (χ1) is 10.0. The zero-order chi connectivity index (χ0) is 15.7. The summed E-state index contributed by atoms with van der Waals surface area (Å²) in [6.45, 7) is 5.36. The number of benzene rings is 1. The van der Waals surface area contributed by atoms with Crippen molar-refractivity contribution in [2.75, 3.05) is 19.8 Å². The summed E-state index contributed by atoms with van der Waals surface area (Å²) in [6.07, 6.45) is -0.552. The molecule has 1 aromatic rings. The van der Waals surface area contributed by atoms with E-state index in [9.17, 15) is 9.59 Å². The van der Waals surface area contributed by atoms with E-state index in [1.807, 2.05) is 6.92 Å². The van der Waals surface area contributed by atoms with Gasteiger partial charge in [-0.2, -0.15) is 0 Å². The van der Waals surface area contributed by atoms with E-state index in [4.69, 9.17) is 14.6 Å². The SMILES string of the molecule is CCOCCOC(C)C(=O)NCc1ccc(C(=O)O)cc1. The number of carboxylic acids is 1. The number of hydrogen-bond acceptors (Lipinski definition) is 4. The predicted octanol–water partition coefficient (Wildman–Crippen LogP) is 1.44. The van der Waals surface area contributed by atoms with Crippen molar-refractivity contribution in [1.82, 2.24) is 5.32 Å². The van der Waals surface area contributed by atoms with Crippen LogP contribution in [0, 0.1) is 0 Å². The zero-order valence-corrected chi connectivity index (χ0v) is 12.3. The molecule has 0 aliphatic heterocycles. The number of rotatable bonds is 9. The molecule has 1 aromatic carbocycles. The number of nitrogens with one attached hydrogen (secondary N) is 1. The Bertz CT molecular complexity index is 458. The smallest absolute Gasteiger partial charge is 0.335 e. The summed E-state index contributed by atoms with van der Waals surface area (Å²) >= 11 is 0. The van der Waals surface area contributed by atoms with Crippen LogP contribution in [0.5, 0.6) is 0 Å². The van der Waals surface area contributed by atoms with Crippen LogP contribution in [0.4, 0.5) is 0 Å². The summed E-state index contributed by atoms with van der Waals surface area (Å²) in [7, 11) is 0. The maximum atomic E-state index is 11.8. The van der Waals surface area contributed by atoms with Crippen molar-refractivity contribution in [1.29, 1.82) is 0 Å². The average Bonchev–Trinajstić information content (AvgIpc) is 2.49. The lowest BCUT2D eigenvalue weighted by molar-refractivity contribution is -0.132. The Morgan fingerprint density at radius 3 is 2.48 bits per heavy atom. The molecular weight excluding hydrogens is 274 g/mol. The Morgan fingerprint density at radius 1 is 1.24 bits per heavy atom. The Labute approximate surface area is 124 Å². The molecule has 21 heavy (non-hydrogen) atoms. The zero-order valence-electron chi connectivity index (χ0n) is 12.3. The van der Waals surface area contributed by atoms with Gasteiger partial charge in [-0.25, -0.2) is 4.79 Å². The van der Waals surface area contributed by atoms with Crippen LogP contribution < -0.4 is 5.32 Å². The van der Waals surface area contributed by atoms with E-state index in [2.05, 4.69) is 5.32 Å². The molecule has 1 unspecified atom stereocenters. The van der Waals surface area contributed by atoms with E-state index in [1.165, 1.54) is 12.1 Å². The van der Waals surface area contributed by atoms with E-state index >= 15 is 0 Å². The normalized spacial score (nSPS) is 11.9. The fraction of sp³-hybridized carbons (Fsp3) is 0.467. The molecule has 1 amide bonds. The summed E-state index contributed by atoms with van der Waals surface area (Å²) in [5.41, 5.74) is 1.05. The van der Waals surface area contributed by atoms with Gasteiger partial charge >= 0.3 is 5.97 Å². The second-order valence-corrected chi connectivity index (χ2v) is 4.43. The van der Waals surface area contributed by atoms with E-state index in [1.54, 1.807) is 19.1 Å². The highest BCUT2D eigenvalue weighted by atomic mass is 16.5. The maximum Gasteiger partial charge on any atom is 0.335 e. The van der Waals surface area contributed by atoms with Gasteiger partial charge in [0.2, 0.25) is 5.91 Å². The van der Waals surface area contributed by atoms with Gasteiger partial charge in [-0.1, -0.05) is 12.1 Å². The summed E-state index contributed by atoms with van der Waals surface area (Å²) < 4.78 is 10.4. The van der Waals surface area contributed by atoms with Gasteiger partial charge in [0.25, 0.3) is 0 Å². The van der Waals surface area contributed by atoms with Crippen molar-refractivity contribution in [3.63, 3.8) is 0 Å². The Kier molecular flexibility index (Phi) is 7.42. The van der Waals surface area contributed by atoms with Crippen molar-refractivity contribution < 1.29 is 24.2 Å². The first kappa shape index (κ1) is 17.1. The van der Waals surface area contributed by atoms with E-state index in [0.29, 0.717) is 26.4 Å². The minimum absolute atomic E-state index is 0.214. The fourth-order valence-electron chi connectivity index (χ4n) is 1.60. The van der Waals surface area contributed by atoms with E-state index in [-0.39, 0.29) is 11.5 Å². The molecule has 0 fully saturated rings. The minimum Gasteiger partial charge on any atom is -0.478 e. The van der Waals surface area contributed by atoms with Crippen molar-refractivity contribution in [2.24, 2.45) is 0 Å². The monoisotopic (exact) mass is 295 g/mol.